The third kappa shape index (κ3) is 2.52. The molecule has 1 fully saturated rings. The minimum Gasteiger partial charge on any atom is -0.288 e. The molecule has 0 spiro atoms. The predicted octanol–water partition coefficient (Wildman–Crippen LogP) is 3.99. The zero-order chi connectivity index (χ0) is 13.9. The molecule has 3 nitrogen and oxygen atoms in total. The highest BCUT2D eigenvalue weighted by atomic mass is 32.1. The Morgan fingerprint density at radius 1 is 1.40 bits per heavy atom. The van der Waals surface area contributed by atoms with Crippen LogP contribution in [0.5, 0.6) is 0 Å². The highest BCUT2D eigenvalue weighted by Crippen LogP contribution is 2.36. The lowest BCUT2D eigenvalue weighted by Crippen LogP contribution is -2.10. The maximum Gasteiger partial charge on any atom is 0.206 e. The van der Waals surface area contributed by atoms with Crippen LogP contribution in [0, 0.1) is 0 Å². The Hall–Kier alpha value is -1.55. The first kappa shape index (κ1) is 13.4. The number of carbonyl (C=O) groups excluding carboxylic acids is 1. The lowest BCUT2D eigenvalue weighted by Gasteiger charge is -2.26. The first-order chi connectivity index (χ1) is 9.79. The monoisotopic (exact) mass is 286 g/mol. The Bertz CT molecular complexity index is 616. The summed E-state index contributed by atoms with van der Waals surface area (Å²) >= 11 is 1.22. The van der Waals surface area contributed by atoms with E-state index in [4.69, 9.17) is 0 Å². The third-order valence-corrected chi connectivity index (χ3v) is 4.74. The van der Waals surface area contributed by atoms with Gasteiger partial charge in [-0.1, -0.05) is 42.5 Å². The molecule has 3 rings (SSSR count). The zero-order valence-corrected chi connectivity index (χ0v) is 12.4. The van der Waals surface area contributed by atoms with Gasteiger partial charge in [0.15, 0.2) is 0 Å². The molecule has 1 aromatic heterocycles. The van der Waals surface area contributed by atoms with Crippen LogP contribution in [0.15, 0.2) is 24.3 Å². The highest BCUT2D eigenvalue weighted by molar-refractivity contribution is 7.08. The number of hydrogen-bond acceptors (Lipinski definition) is 4. The molecule has 1 aliphatic rings. The molecule has 4 heteroatoms. The number of carbonyl (C=O) groups is 1. The SMILES string of the molecule is CCCc1nnsc1C(=O)c1cccc(C2CCC2)c1. The van der Waals surface area contributed by atoms with Gasteiger partial charge in [-0.15, -0.1) is 5.10 Å². The molecule has 104 valence electrons. The van der Waals surface area contributed by atoms with E-state index in [2.05, 4.69) is 28.6 Å². The van der Waals surface area contributed by atoms with Crippen LogP contribution < -0.4 is 0 Å². The molecule has 1 aromatic carbocycles. The van der Waals surface area contributed by atoms with E-state index < -0.39 is 0 Å². The standard InChI is InChI=1S/C16H18N2OS/c1-2-5-14-16(20-18-17-14)15(19)13-9-4-8-12(10-13)11-6-3-7-11/h4,8-11H,2-3,5-7H2,1H3. The average molecular weight is 286 g/mol. The van der Waals surface area contributed by atoms with E-state index in [-0.39, 0.29) is 5.78 Å². The molecule has 0 atom stereocenters. The van der Waals surface area contributed by atoms with E-state index >= 15 is 0 Å². The van der Waals surface area contributed by atoms with Gasteiger partial charge in [-0.25, -0.2) is 0 Å². The molecule has 0 bridgehead atoms. The smallest absolute Gasteiger partial charge is 0.206 e. The minimum atomic E-state index is 0.0737. The van der Waals surface area contributed by atoms with Gasteiger partial charge >= 0.3 is 0 Å². The van der Waals surface area contributed by atoms with Gasteiger partial charge in [0.1, 0.15) is 4.88 Å². The second-order valence-electron chi connectivity index (χ2n) is 5.38. The predicted molar refractivity (Wildman–Crippen MR) is 80.4 cm³/mol. The third-order valence-electron chi connectivity index (χ3n) is 3.97. The summed E-state index contributed by atoms with van der Waals surface area (Å²) in [6.07, 6.45) is 5.61. The van der Waals surface area contributed by atoms with Gasteiger partial charge in [-0.3, -0.25) is 4.79 Å². The van der Waals surface area contributed by atoms with E-state index in [0.717, 1.165) is 24.1 Å². The van der Waals surface area contributed by atoms with Crippen LogP contribution in [0.25, 0.3) is 0 Å². The van der Waals surface area contributed by atoms with Crippen LogP contribution in [-0.4, -0.2) is 15.4 Å². The molecule has 0 amide bonds. The topological polar surface area (TPSA) is 42.9 Å². The summed E-state index contributed by atoms with van der Waals surface area (Å²) in [6.45, 7) is 2.09. The quantitative estimate of drug-likeness (QED) is 0.781. The van der Waals surface area contributed by atoms with Gasteiger partial charge in [-0.2, -0.15) is 0 Å². The van der Waals surface area contributed by atoms with Crippen molar-refractivity contribution in [2.75, 3.05) is 0 Å². The van der Waals surface area contributed by atoms with Crippen molar-refractivity contribution in [1.29, 1.82) is 0 Å². The first-order valence-electron chi connectivity index (χ1n) is 7.25. The maximum atomic E-state index is 12.6. The van der Waals surface area contributed by atoms with Gasteiger partial charge in [-0.05, 0) is 48.3 Å². The van der Waals surface area contributed by atoms with Crippen molar-refractivity contribution in [1.82, 2.24) is 9.59 Å². The van der Waals surface area contributed by atoms with Crippen LogP contribution in [0.4, 0.5) is 0 Å². The van der Waals surface area contributed by atoms with Gasteiger partial charge in [0.25, 0.3) is 0 Å². The molecular formula is C16H18N2OS. The van der Waals surface area contributed by atoms with E-state index in [1.807, 2.05) is 12.1 Å². The number of benzene rings is 1. The molecule has 1 aliphatic carbocycles. The molecular weight excluding hydrogens is 268 g/mol. The van der Waals surface area contributed by atoms with Crippen molar-refractivity contribution in [2.24, 2.45) is 0 Å². The number of aryl methyl sites for hydroxylation is 1. The molecule has 0 saturated heterocycles. The highest BCUT2D eigenvalue weighted by Gasteiger charge is 2.22. The molecule has 0 radical (unpaired) electrons. The van der Waals surface area contributed by atoms with Crippen molar-refractivity contribution in [3.8, 4) is 0 Å². The van der Waals surface area contributed by atoms with Gasteiger partial charge in [0.05, 0.1) is 5.69 Å². The van der Waals surface area contributed by atoms with Crippen LogP contribution in [0.2, 0.25) is 0 Å². The molecule has 20 heavy (non-hydrogen) atoms. The molecule has 0 aliphatic heterocycles. The summed E-state index contributed by atoms with van der Waals surface area (Å²) in [5, 5.41) is 4.09. The largest absolute Gasteiger partial charge is 0.288 e. The van der Waals surface area contributed by atoms with Crippen molar-refractivity contribution >= 4 is 17.3 Å². The molecule has 0 unspecified atom stereocenters. The number of hydrogen-bond donors (Lipinski definition) is 0. The van der Waals surface area contributed by atoms with Gasteiger partial charge in [0, 0.05) is 5.56 Å². The summed E-state index contributed by atoms with van der Waals surface area (Å²) in [4.78, 5) is 13.3. The summed E-state index contributed by atoms with van der Waals surface area (Å²) in [5.74, 6) is 0.724. The number of ketones is 1. The van der Waals surface area contributed by atoms with E-state index in [0.29, 0.717) is 10.8 Å². The van der Waals surface area contributed by atoms with Gasteiger partial charge < -0.3 is 0 Å². The normalized spacial score (nSPS) is 15.1. The molecule has 1 saturated carbocycles. The van der Waals surface area contributed by atoms with E-state index in [1.54, 1.807) is 0 Å². The zero-order valence-electron chi connectivity index (χ0n) is 11.6. The summed E-state index contributed by atoms with van der Waals surface area (Å²) in [5.41, 5.74) is 2.92. The molecule has 1 heterocycles. The minimum absolute atomic E-state index is 0.0737. The Morgan fingerprint density at radius 3 is 2.95 bits per heavy atom. The number of rotatable bonds is 5. The van der Waals surface area contributed by atoms with Gasteiger partial charge in [0.2, 0.25) is 5.78 Å². The fourth-order valence-electron chi connectivity index (χ4n) is 2.59. The van der Waals surface area contributed by atoms with Crippen molar-refractivity contribution < 1.29 is 4.79 Å². The van der Waals surface area contributed by atoms with Crippen molar-refractivity contribution in [2.45, 2.75) is 44.9 Å². The number of nitrogens with zero attached hydrogens (tertiary/aromatic N) is 2. The van der Waals surface area contributed by atoms with Crippen LogP contribution in [0.3, 0.4) is 0 Å². The lowest BCUT2D eigenvalue weighted by molar-refractivity contribution is 0.104. The van der Waals surface area contributed by atoms with E-state index in [1.165, 1.54) is 36.4 Å². The average Bonchev–Trinajstić information content (AvgIpc) is 2.85. The lowest BCUT2D eigenvalue weighted by atomic mass is 9.79. The Balaban J connectivity index is 1.87. The summed E-state index contributed by atoms with van der Waals surface area (Å²) in [6, 6.07) is 8.09. The second kappa shape index (κ2) is 5.83. The van der Waals surface area contributed by atoms with E-state index in [9.17, 15) is 4.79 Å². The fourth-order valence-corrected chi connectivity index (χ4v) is 3.26. The second-order valence-corrected chi connectivity index (χ2v) is 6.14. The Morgan fingerprint density at radius 2 is 2.25 bits per heavy atom. The van der Waals surface area contributed by atoms with Crippen molar-refractivity contribution in [3.05, 3.63) is 46.0 Å². The Labute approximate surface area is 123 Å². The van der Waals surface area contributed by atoms with Crippen molar-refractivity contribution in [3.63, 3.8) is 0 Å². The van der Waals surface area contributed by atoms with Crippen LogP contribution in [-0.2, 0) is 6.42 Å². The van der Waals surface area contributed by atoms with Crippen LogP contribution in [0.1, 0.15) is 65.0 Å². The Kier molecular flexibility index (Phi) is 3.92. The van der Waals surface area contributed by atoms with Crippen LogP contribution >= 0.6 is 11.5 Å². The maximum absolute atomic E-state index is 12.6. The number of aromatic nitrogens is 2. The summed E-state index contributed by atoms with van der Waals surface area (Å²) in [7, 11) is 0. The fraction of sp³-hybridized carbons (Fsp3) is 0.438. The molecule has 0 N–H and O–H groups in total. The first-order valence-corrected chi connectivity index (χ1v) is 8.03. The molecule has 2 aromatic rings. The summed E-state index contributed by atoms with van der Waals surface area (Å²) < 4.78 is 3.94.